The summed E-state index contributed by atoms with van der Waals surface area (Å²) in [5.74, 6) is -0.864. The Labute approximate surface area is 139 Å². The topological polar surface area (TPSA) is 28.4 Å². The number of rotatable bonds is 1. The van der Waals surface area contributed by atoms with Gasteiger partial charge in [0.25, 0.3) is 0 Å². The molecule has 0 radical (unpaired) electrons. The van der Waals surface area contributed by atoms with Crippen molar-refractivity contribution in [1.82, 2.24) is 9.47 Å². The van der Waals surface area contributed by atoms with Crippen molar-refractivity contribution in [2.24, 2.45) is 0 Å². The third kappa shape index (κ3) is 2.01. The Kier molecular flexibility index (Phi) is 3.41. The van der Waals surface area contributed by atoms with Gasteiger partial charge >= 0.3 is 0 Å². The number of nitrogens with zero attached hydrogens (tertiary/aromatic N) is 2. The number of aromatic nitrogens is 1. The molecule has 1 N–H and O–H groups in total. The van der Waals surface area contributed by atoms with Gasteiger partial charge < -0.3 is 14.6 Å². The number of fused-ring (bicyclic) bond motifs is 3. The van der Waals surface area contributed by atoms with Gasteiger partial charge in [0.1, 0.15) is 0 Å². The molecule has 24 heavy (non-hydrogen) atoms. The summed E-state index contributed by atoms with van der Waals surface area (Å²) in [7, 11) is 2.03. The number of benzene rings is 1. The summed E-state index contributed by atoms with van der Waals surface area (Å²) >= 11 is 0. The summed E-state index contributed by atoms with van der Waals surface area (Å²) in [5, 5.41) is 12.0. The first kappa shape index (κ1) is 15.5. The minimum atomic E-state index is -2.31. The number of hydrogen-bond donors (Lipinski definition) is 1. The van der Waals surface area contributed by atoms with Crippen LogP contribution in [0.2, 0.25) is 0 Å². The molecule has 1 aliphatic heterocycles. The van der Waals surface area contributed by atoms with Gasteiger partial charge in [-0.15, -0.1) is 0 Å². The highest BCUT2D eigenvalue weighted by Gasteiger charge is 2.46. The predicted molar refractivity (Wildman–Crippen MR) is 90.1 cm³/mol. The van der Waals surface area contributed by atoms with Crippen molar-refractivity contribution in [2.75, 3.05) is 13.6 Å². The van der Waals surface area contributed by atoms with Crippen LogP contribution in [-0.4, -0.2) is 34.3 Å². The number of allylic oxidation sites excluding steroid dienone is 2. The lowest BCUT2D eigenvalue weighted by molar-refractivity contribution is -0.0694. The van der Waals surface area contributed by atoms with E-state index in [1.807, 2.05) is 32.2 Å². The Morgan fingerprint density at radius 1 is 1.33 bits per heavy atom. The molecule has 5 heteroatoms. The molecule has 2 heterocycles. The Bertz CT molecular complexity index is 883. The molecule has 0 bridgehead atoms. The average molecular weight is 330 g/mol. The third-order valence-electron chi connectivity index (χ3n) is 5.09. The van der Waals surface area contributed by atoms with Crippen LogP contribution in [-0.2, 0) is 18.7 Å². The molecule has 2 unspecified atom stereocenters. The fourth-order valence-corrected chi connectivity index (χ4v) is 3.85. The van der Waals surface area contributed by atoms with E-state index in [9.17, 15) is 13.9 Å². The first-order valence-corrected chi connectivity index (χ1v) is 8.15. The standard InChI is InChI=1S/C19H20F2N2O/c1-12-6-7-15-13(10-12)14-11-22(2)9-8-16(14)23(15)19(24)17(20)4-3-5-18(19)21/h3-7,10,17,24H,8-9,11H2,1-2H3. The fraction of sp³-hybridized carbons (Fsp3) is 0.368. The van der Waals surface area contributed by atoms with Crippen molar-refractivity contribution in [3.05, 3.63) is 59.1 Å². The highest BCUT2D eigenvalue weighted by Crippen LogP contribution is 2.42. The molecule has 0 amide bonds. The smallest absolute Gasteiger partial charge is 0.231 e. The largest absolute Gasteiger partial charge is 0.362 e. The minimum absolute atomic E-state index is 0.644. The summed E-state index contributed by atoms with van der Waals surface area (Å²) in [5.41, 5.74) is 1.30. The van der Waals surface area contributed by atoms with Crippen molar-refractivity contribution < 1.29 is 13.9 Å². The molecule has 1 aromatic carbocycles. The van der Waals surface area contributed by atoms with E-state index in [-0.39, 0.29) is 0 Å². The molecule has 3 nitrogen and oxygen atoms in total. The van der Waals surface area contributed by atoms with E-state index in [2.05, 4.69) is 4.90 Å². The highest BCUT2D eigenvalue weighted by molar-refractivity contribution is 5.87. The first-order chi connectivity index (χ1) is 11.4. The van der Waals surface area contributed by atoms with Crippen LogP contribution in [0.25, 0.3) is 10.9 Å². The molecule has 2 atom stereocenters. The Morgan fingerprint density at radius 3 is 2.88 bits per heavy atom. The van der Waals surface area contributed by atoms with Crippen LogP contribution in [0.15, 0.2) is 42.3 Å². The first-order valence-electron chi connectivity index (χ1n) is 8.15. The second-order valence-electron chi connectivity index (χ2n) is 6.80. The van der Waals surface area contributed by atoms with Crippen LogP contribution in [0, 0.1) is 6.92 Å². The predicted octanol–water partition coefficient (Wildman–Crippen LogP) is 3.34. The maximum atomic E-state index is 14.7. The van der Waals surface area contributed by atoms with E-state index < -0.39 is 17.7 Å². The van der Waals surface area contributed by atoms with Crippen molar-refractivity contribution in [2.45, 2.75) is 31.8 Å². The highest BCUT2D eigenvalue weighted by atomic mass is 19.1. The lowest BCUT2D eigenvalue weighted by Crippen LogP contribution is -2.45. The van der Waals surface area contributed by atoms with E-state index in [1.54, 1.807) is 0 Å². The molecular formula is C19H20F2N2O. The molecule has 0 spiro atoms. The fourth-order valence-electron chi connectivity index (χ4n) is 3.85. The van der Waals surface area contributed by atoms with Gasteiger partial charge in [-0.1, -0.05) is 17.7 Å². The normalized spacial score (nSPS) is 27.4. The number of aliphatic hydroxyl groups is 1. The molecule has 126 valence electrons. The van der Waals surface area contributed by atoms with Crippen molar-refractivity contribution >= 4 is 10.9 Å². The van der Waals surface area contributed by atoms with Crippen LogP contribution in [0.1, 0.15) is 16.8 Å². The van der Waals surface area contributed by atoms with Crippen LogP contribution in [0.5, 0.6) is 0 Å². The Balaban J connectivity index is 2.06. The maximum Gasteiger partial charge on any atom is 0.231 e. The van der Waals surface area contributed by atoms with Crippen LogP contribution >= 0.6 is 0 Å². The zero-order valence-corrected chi connectivity index (χ0v) is 13.8. The molecule has 4 rings (SSSR count). The van der Waals surface area contributed by atoms with E-state index in [1.165, 1.54) is 16.7 Å². The minimum Gasteiger partial charge on any atom is -0.362 e. The summed E-state index contributed by atoms with van der Waals surface area (Å²) in [6, 6.07) is 5.78. The van der Waals surface area contributed by atoms with Crippen LogP contribution in [0.4, 0.5) is 8.78 Å². The lowest BCUT2D eigenvalue weighted by Gasteiger charge is -2.35. The van der Waals surface area contributed by atoms with Crippen molar-refractivity contribution in [3.63, 3.8) is 0 Å². The molecular weight excluding hydrogens is 310 g/mol. The molecule has 1 aromatic heterocycles. The number of aryl methyl sites for hydroxylation is 1. The van der Waals surface area contributed by atoms with Crippen molar-refractivity contribution in [3.8, 4) is 0 Å². The lowest BCUT2D eigenvalue weighted by atomic mass is 9.99. The number of halogens is 2. The van der Waals surface area contributed by atoms with Gasteiger partial charge in [-0.25, -0.2) is 8.78 Å². The SMILES string of the molecule is Cc1ccc2c(c1)c1c(n2C2(O)C(F)=CC=CC2F)CCN(C)C1. The summed E-state index contributed by atoms with van der Waals surface area (Å²) < 4.78 is 30.7. The summed E-state index contributed by atoms with van der Waals surface area (Å²) in [6.45, 7) is 3.49. The summed E-state index contributed by atoms with van der Waals surface area (Å²) in [6.07, 6.45) is 2.46. The van der Waals surface area contributed by atoms with Gasteiger partial charge in [0.05, 0.1) is 5.52 Å². The van der Waals surface area contributed by atoms with Gasteiger partial charge in [-0.3, -0.25) is 0 Å². The number of hydrogen-bond acceptors (Lipinski definition) is 2. The van der Waals surface area contributed by atoms with Gasteiger partial charge in [0.2, 0.25) is 5.72 Å². The van der Waals surface area contributed by atoms with E-state index >= 15 is 0 Å². The maximum absolute atomic E-state index is 14.7. The number of alkyl halides is 1. The van der Waals surface area contributed by atoms with E-state index in [0.717, 1.165) is 34.8 Å². The second-order valence-corrected chi connectivity index (χ2v) is 6.80. The number of likely N-dealkylation sites (N-methyl/N-ethyl adjacent to an activating group) is 1. The second kappa shape index (κ2) is 5.26. The van der Waals surface area contributed by atoms with Crippen LogP contribution in [0.3, 0.4) is 0 Å². The Hall–Kier alpha value is -1.98. The van der Waals surface area contributed by atoms with Gasteiger partial charge in [-0.2, -0.15) is 0 Å². The molecule has 2 aliphatic rings. The van der Waals surface area contributed by atoms with Gasteiger partial charge in [0.15, 0.2) is 12.0 Å². The van der Waals surface area contributed by atoms with E-state index in [4.69, 9.17) is 0 Å². The summed E-state index contributed by atoms with van der Waals surface area (Å²) in [4.78, 5) is 2.18. The molecule has 0 fully saturated rings. The molecule has 0 saturated carbocycles. The molecule has 2 aromatic rings. The van der Waals surface area contributed by atoms with E-state index in [0.29, 0.717) is 18.5 Å². The molecule has 0 saturated heterocycles. The zero-order valence-electron chi connectivity index (χ0n) is 13.8. The van der Waals surface area contributed by atoms with Crippen LogP contribution < -0.4 is 0 Å². The van der Waals surface area contributed by atoms with Crippen molar-refractivity contribution in [1.29, 1.82) is 0 Å². The average Bonchev–Trinajstić information content (AvgIpc) is 2.86. The molecule has 1 aliphatic carbocycles. The monoisotopic (exact) mass is 330 g/mol. The third-order valence-corrected chi connectivity index (χ3v) is 5.09. The zero-order chi connectivity index (χ0) is 17.1. The van der Waals surface area contributed by atoms with Gasteiger partial charge in [0, 0.05) is 30.6 Å². The Morgan fingerprint density at radius 2 is 2.12 bits per heavy atom. The van der Waals surface area contributed by atoms with Gasteiger partial charge in [-0.05, 0) is 43.8 Å². The quantitative estimate of drug-likeness (QED) is 0.869.